The molecule has 28 heavy (non-hydrogen) atoms. The van der Waals surface area contributed by atoms with Crippen molar-refractivity contribution in [3.05, 3.63) is 35.4 Å². The Hall–Kier alpha value is -2.02. The monoisotopic (exact) mass is 410 g/mol. The standard InChI is InChI=1S/C17H22N4O6S/c1-8-3-5-9(6-4-8)14(26)18-16-19-17(28-2)21(20-16)15-13(25)12(24)11(23)10(7-22)27-15/h3-6,10-13,15,22-25H,7H2,1-2H3,(H,18,20,26). The van der Waals surface area contributed by atoms with Crippen molar-refractivity contribution in [1.82, 2.24) is 14.8 Å². The minimum absolute atomic E-state index is 0.00751. The summed E-state index contributed by atoms with van der Waals surface area (Å²) in [6.45, 7) is 1.36. The summed E-state index contributed by atoms with van der Waals surface area (Å²) in [5.74, 6) is -0.412. The average Bonchev–Trinajstić information content (AvgIpc) is 3.09. The van der Waals surface area contributed by atoms with Crippen LogP contribution in [0.1, 0.15) is 22.1 Å². The van der Waals surface area contributed by atoms with Crippen LogP contribution < -0.4 is 5.32 Å². The zero-order chi connectivity index (χ0) is 20.4. The van der Waals surface area contributed by atoms with Gasteiger partial charge in [0.15, 0.2) is 11.4 Å². The van der Waals surface area contributed by atoms with Gasteiger partial charge in [0, 0.05) is 5.56 Å². The highest BCUT2D eigenvalue weighted by atomic mass is 32.2. The molecule has 0 aliphatic carbocycles. The third-order valence-corrected chi connectivity index (χ3v) is 5.07. The van der Waals surface area contributed by atoms with E-state index in [1.54, 1.807) is 18.4 Å². The van der Waals surface area contributed by atoms with Crippen LogP contribution in [0.25, 0.3) is 0 Å². The molecule has 0 spiro atoms. The van der Waals surface area contributed by atoms with E-state index >= 15 is 0 Å². The number of aryl methyl sites for hydroxylation is 1. The normalized spacial score (nSPS) is 27.6. The zero-order valence-corrected chi connectivity index (χ0v) is 16.1. The number of thioether (sulfide) groups is 1. The molecule has 5 N–H and O–H groups in total. The van der Waals surface area contributed by atoms with Crippen molar-refractivity contribution in [2.45, 2.75) is 42.7 Å². The molecule has 5 atom stereocenters. The largest absolute Gasteiger partial charge is 0.394 e. The van der Waals surface area contributed by atoms with Crippen LogP contribution in [0.5, 0.6) is 0 Å². The lowest BCUT2D eigenvalue weighted by Gasteiger charge is -2.39. The Kier molecular flexibility index (Phi) is 6.33. The Labute approximate surface area is 165 Å². The fourth-order valence-electron chi connectivity index (χ4n) is 2.83. The van der Waals surface area contributed by atoms with Crippen LogP contribution in [-0.4, -0.2) is 78.4 Å². The van der Waals surface area contributed by atoms with Crippen molar-refractivity contribution in [1.29, 1.82) is 0 Å². The first-order valence-electron chi connectivity index (χ1n) is 8.54. The molecule has 0 radical (unpaired) electrons. The Morgan fingerprint density at radius 3 is 2.50 bits per heavy atom. The van der Waals surface area contributed by atoms with Crippen LogP contribution in [-0.2, 0) is 4.74 Å². The van der Waals surface area contributed by atoms with Crippen molar-refractivity contribution >= 4 is 23.6 Å². The number of anilines is 1. The molecule has 3 rings (SSSR count). The number of nitrogens with one attached hydrogen (secondary N) is 1. The van der Waals surface area contributed by atoms with Gasteiger partial charge in [-0.15, -0.1) is 5.10 Å². The van der Waals surface area contributed by atoms with Gasteiger partial charge >= 0.3 is 0 Å². The Balaban J connectivity index is 1.84. The SMILES string of the molecule is CSc1nc(NC(=O)c2ccc(C)cc2)nn1C1OC(CO)C(O)C(O)C1O. The molecular formula is C17H22N4O6S. The number of nitrogens with zero attached hydrogens (tertiary/aromatic N) is 3. The van der Waals surface area contributed by atoms with E-state index in [1.165, 1.54) is 16.4 Å². The number of amides is 1. The van der Waals surface area contributed by atoms with Gasteiger partial charge in [0.1, 0.15) is 24.4 Å². The minimum atomic E-state index is -1.54. The predicted octanol–water partition coefficient (Wildman–Crippen LogP) is -0.467. The summed E-state index contributed by atoms with van der Waals surface area (Å²) in [5.41, 5.74) is 1.45. The lowest BCUT2D eigenvalue weighted by molar-refractivity contribution is -0.255. The average molecular weight is 410 g/mol. The highest BCUT2D eigenvalue weighted by Crippen LogP contribution is 2.31. The van der Waals surface area contributed by atoms with Gasteiger partial charge < -0.3 is 25.2 Å². The number of hydrogen-bond acceptors (Lipinski definition) is 9. The van der Waals surface area contributed by atoms with Crippen LogP contribution in [0.4, 0.5) is 5.95 Å². The zero-order valence-electron chi connectivity index (χ0n) is 15.3. The van der Waals surface area contributed by atoms with E-state index in [0.717, 1.165) is 5.56 Å². The summed E-state index contributed by atoms with van der Waals surface area (Å²) >= 11 is 1.19. The Morgan fingerprint density at radius 1 is 1.21 bits per heavy atom. The van der Waals surface area contributed by atoms with Gasteiger partial charge in [-0.2, -0.15) is 4.98 Å². The topological polar surface area (TPSA) is 150 Å². The van der Waals surface area contributed by atoms with Gasteiger partial charge in [-0.05, 0) is 25.3 Å². The van der Waals surface area contributed by atoms with E-state index in [0.29, 0.717) is 10.7 Å². The van der Waals surface area contributed by atoms with Crippen molar-refractivity contribution in [2.75, 3.05) is 18.2 Å². The number of carbonyl (C=O) groups is 1. The molecule has 1 aromatic carbocycles. The highest BCUT2D eigenvalue weighted by Gasteiger charge is 2.45. The fraction of sp³-hybridized carbons (Fsp3) is 0.471. The Bertz CT molecular complexity index is 828. The molecular weight excluding hydrogens is 388 g/mol. The summed E-state index contributed by atoms with van der Waals surface area (Å²) in [7, 11) is 0. The molecule has 2 heterocycles. The minimum Gasteiger partial charge on any atom is -0.394 e. The summed E-state index contributed by atoms with van der Waals surface area (Å²) < 4.78 is 6.71. The number of aliphatic hydroxyl groups is 4. The quantitative estimate of drug-likeness (QED) is 0.412. The molecule has 1 aromatic heterocycles. The predicted molar refractivity (Wildman–Crippen MR) is 100.0 cm³/mol. The second kappa shape index (κ2) is 8.55. The molecule has 1 aliphatic rings. The first-order valence-corrected chi connectivity index (χ1v) is 9.77. The number of carbonyl (C=O) groups excluding carboxylic acids is 1. The van der Waals surface area contributed by atoms with Gasteiger partial charge in [0.05, 0.1) is 6.61 Å². The summed E-state index contributed by atoms with van der Waals surface area (Å²) in [5, 5.41) is 46.6. The number of aliphatic hydroxyl groups excluding tert-OH is 4. The van der Waals surface area contributed by atoms with Crippen molar-refractivity contribution in [3.63, 3.8) is 0 Å². The molecule has 1 fully saturated rings. The maximum absolute atomic E-state index is 12.4. The van der Waals surface area contributed by atoms with Crippen LogP contribution in [0, 0.1) is 6.92 Å². The first-order chi connectivity index (χ1) is 13.3. The maximum atomic E-state index is 12.4. The molecule has 1 saturated heterocycles. The van der Waals surface area contributed by atoms with E-state index in [1.807, 2.05) is 19.1 Å². The van der Waals surface area contributed by atoms with Crippen LogP contribution in [0.3, 0.4) is 0 Å². The molecule has 11 heteroatoms. The van der Waals surface area contributed by atoms with E-state index < -0.39 is 43.2 Å². The van der Waals surface area contributed by atoms with E-state index in [9.17, 15) is 25.2 Å². The number of rotatable bonds is 5. The van der Waals surface area contributed by atoms with Gasteiger partial charge in [0.2, 0.25) is 5.95 Å². The van der Waals surface area contributed by atoms with Crippen molar-refractivity contribution in [2.24, 2.45) is 0 Å². The van der Waals surface area contributed by atoms with Crippen LogP contribution in [0.2, 0.25) is 0 Å². The van der Waals surface area contributed by atoms with Gasteiger partial charge in [0.25, 0.3) is 5.91 Å². The highest BCUT2D eigenvalue weighted by molar-refractivity contribution is 7.98. The van der Waals surface area contributed by atoms with Crippen molar-refractivity contribution in [3.8, 4) is 0 Å². The third kappa shape index (κ3) is 4.04. The molecule has 5 unspecified atom stereocenters. The summed E-state index contributed by atoms with van der Waals surface area (Å²) in [6, 6.07) is 6.97. The van der Waals surface area contributed by atoms with Crippen molar-refractivity contribution < 1.29 is 30.0 Å². The van der Waals surface area contributed by atoms with E-state index in [4.69, 9.17) is 4.74 Å². The smallest absolute Gasteiger partial charge is 0.258 e. The number of benzene rings is 1. The molecule has 2 aromatic rings. The molecule has 1 aliphatic heterocycles. The molecule has 0 bridgehead atoms. The van der Waals surface area contributed by atoms with Gasteiger partial charge in [-0.3, -0.25) is 10.1 Å². The van der Waals surface area contributed by atoms with Gasteiger partial charge in [-0.25, -0.2) is 4.68 Å². The molecule has 1 amide bonds. The van der Waals surface area contributed by atoms with Crippen LogP contribution >= 0.6 is 11.8 Å². The second-order valence-electron chi connectivity index (χ2n) is 6.41. The summed E-state index contributed by atoms with van der Waals surface area (Å²) in [4.78, 5) is 16.6. The second-order valence-corrected chi connectivity index (χ2v) is 7.18. The number of aromatic nitrogens is 3. The lowest BCUT2D eigenvalue weighted by atomic mass is 9.98. The fourth-order valence-corrected chi connectivity index (χ4v) is 3.34. The maximum Gasteiger partial charge on any atom is 0.258 e. The van der Waals surface area contributed by atoms with E-state index in [2.05, 4.69) is 15.4 Å². The number of hydrogen-bond donors (Lipinski definition) is 5. The third-order valence-electron chi connectivity index (χ3n) is 4.43. The van der Waals surface area contributed by atoms with E-state index in [-0.39, 0.29) is 5.95 Å². The summed E-state index contributed by atoms with van der Waals surface area (Å²) in [6.07, 6.45) is -5.08. The molecule has 152 valence electrons. The lowest BCUT2D eigenvalue weighted by Crippen LogP contribution is -2.56. The Morgan fingerprint density at radius 2 is 1.89 bits per heavy atom. The molecule has 0 saturated carbocycles. The first kappa shape index (κ1) is 20.7. The van der Waals surface area contributed by atoms with Gasteiger partial charge in [-0.1, -0.05) is 29.5 Å². The molecule has 10 nitrogen and oxygen atoms in total. The number of ether oxygens (including phenoxy) is 1. The van der Waals surface area contributed by atoms with Crippen LogP contribution in [0.15, 0.2) is 29.4 Å².